The maximum Gasteiger partial charge on any atom is 0.337 e. The van der Waals surface area contributed by atoms with Gasteiger partial charge in [0.25, 0.3) is 5.56 Å². The third kappa shape index (κ3) is 3.82. The minimum absolute atomic E-state index is 0.193. The van der Waals surface area contributed by atoms with Crippen molar-refractivity contribution in [3.05, 3.63) is 64.4 Å². The van der Waals surface area contributed by atoms with E-state index in [-0.39, 0.29) is 16.6 Å². The Morgan fingerprint density at radius 2 is 1.93 bits per heavy atom. The molecule has 1 unspecified atom stereocenters. The number of para-hydroxylation sites is 1. The predicted octanol–water partition coefficient (Wildman–Crippen LogP) is 3.78. The molecule has 0 radical (unpaired) electrons. The number of thioether (sulfide) groups is 1. The van der Waals surface area contributed by atoms with Gasteiger partial charge in [0.15, 0.2) is 5.16 Å². The zero-order chi connectivity index (χ0) is 20.4. The molecule has 1 heterocycles. The molecule has 148 valence electrons. The second-order valence-electron chi connectivity index (χ2n) is 6.91. The summed E-state index contributed by atoms with van der Waals surface area (Å²) < 4.78 is 6.32. The van der Waals surface area contributed by atoms with Crippen LogP contribution in [0.5, 0.6) is 0 Å². The molecule has 0 bridgehead atoms. The van der Waals surface area contributed by atoms with Crippen LogP contribution in [0.2, 0.25) is 0 Å². The van der Waals surface area contributed by atoms with Crippen molar-refractivity contribution in [2.75, 3.05) is 7.11 Å². The van der Waals surface area contributed by atoms with Gasteiger partial charge in [-0.3, -0.25) is 14.2 Å². The van der Waals surface area contributed by atoms with Gasteiger partial charge in [0, 0.05) is 6.42 Å². The summed E-state index contributed by atoms with van der Waals surface area (Å²) in [5.41, 5.74) is 1.20. The number of rotatable bonds is 4. The first-order valence-electron chi connectivity index (χ1n) is 9.48. The molecule has 0 N–H and O–H groups in total. The molecule has 1 saturated carbocycles. The van der Waals surface area contributed by atoms with Crippen LogP contribution in [0.1, 0.15) is 36.0 Å². The third-order valence-electron chi connectivity index (χ3n) is 5.02. The zero-order valence-electron chi connectivity index (χ0n) is 16.0. The molecule has 1 atom stereocenters. The number of fused-ring (bicyclic) bond motifs is 1. The lowest BCUT2D eigenvalue weighted by Crippen LogP contribution is -2.26. The molecule has 3 aromatic rings. The highest BCUT2D eigenvalue weighted by atomic mass is 32.2. The summed E-state index contributed by atoms with van der Waals surface area (Å²) in [6.07, 6.45) is 3.23. The van der Waals surface area contributed by atoms with E-state index in [0.717, 1.165) is 19.3 Å². The van der Waals surface area contributed by atoms with Gasteiger partial charge in [-0.2, -0.15) is 0 Å². The Morgan fingerprint density at radius 1 is 1.14 bits per heavy atom. The number of carbonyl (C=O) groups excluding carboxylic acids is 2. The summed E-state index contributed by atoms with van der Waals surface area (Å²) >= 11 is 1.33. The van der Waals surface area contributed by atoms with Gasteiger partial charge in [-0.15, -0.1) is 0 Å². The number of benzene rings is 2. The van der Waals surface area contributed by atoms with Gasteiger partial charge in [0.1, 0.15) is 5.78 Å². The maximum atomic E-state index is 13.3. The quantitative estimate of drug-likeness (QED) is 0.483. The van der Waals surface area contributed by atoms with Gasteiger partial charge in [-0.1, -0.05) is 36.4 Å². The van der Waals surface area contributed by atoms with Crippen molar-refractivity contribution >= 4 is 34.4 Å². The number of ether oxygens (including phenoxy) is 1. The zero-order valence-corrected chi connectivity index (χ0v) is 16.8. The van der Waals surface area contributed by atoms with Crippen LogP contribution in [0, 0.1) is 0 Å². The summed E-state index contributed by atoms with van der Waals surface area (Å²) in [7, 11) is 1.31. The van der Waals surface area contributed by atoms with Crippen molar-refractivity contribution in [3.63, 3.8) is 0 Å². The molecule has 1 aliphatic carbocycles. The van der Waals surface area contributed by atoms with Gasteiger partial charge in [-0.25, -0.2) is 9.78 Å². The normalized spacial score (nSPS) is 16.7. The Labute approximate surface area is 171 Å². The number of methoxy groups -OCH3 is 1. The number of Topliss-reactive ketones (excluding diaryl/α,β-unsaturated/α-hetero) is 1. The topological polar surface area (TPSA) is 78.3 Å². The minimum Gasteiger partial charge on any atom is -0.465 e. The smallest absolute Gasteiger partial charge is 0.337 e. The van der Waals surface area contributed by atoms with Gasteiger partial charge >= 0.3 is 5.97 Å². The monoisotopic (exact) mass is 408 g/mol. The maximum absolute atomic E-state index is 13.3. The van der Waals surface area contributed by atoms with E-state index in [1.165, 1.54) is 18.9 Å². The number of carbonyl (C=O) groups is 2. The van der Waals surface area contributed by atoms with Crippen LogP contribution in [0.25, 0.3) is 16.6 Å². The highest BCUT2D eigenvalue weighted by Crippen LogP contribution is 2.32. The highest BCUT2D eigenvalue weighted by Gasteiger charge is 2.26. The Bertz CT molecular complexity index is 1140. The van der Waals surface area contributed by atoms with Gasteiger partial charge in [0.2, 0.25) is 0 Å². The Balaban J connectivity index is 1.90. The lowest BCUT2D eigenvalue weighted by atomic mass is 9.99. The standard InChI is InChI=1S/C22H20N2O4S/c1-28-21(27)14-11-12-16-17(13-14)23-22(29-19-10-6-5-9-18(19)25)24(20(16)26)15-7-3-2-4-8-15/h2-4,7-8,11-13,19H,5-6,9-10H2,1H3. The number of hydrogen-bond acceptors (Lipinski definition) is 6. The average Bonchev–Trinajstić information content (AvgIpc) is 2.75. The van der Waals surface area contributed by atoms with E-state index in [1.54, 1.807) is 22.8 Å². The fourth-order valence-electron chi connectivity index (χ4n) is 3.50. The Hall–Kier alpha value is -2.93. The lowest BCUT2D eigenvalue weighted by Gasteiger charge is -2.21. The first kappa shape index (κ1) is 19.4. The second kappa shape index (κ2) is 8.21. The second-order valence-corrected chi connectivity index (χ2v) is 8.08. The molecule has 1 aliphatic rings. The van der Waals surface area contributed by atoms with Crippen molar-refractivity contribution in [1.29, 1.82) is 0 Å². The molecule has 7 heteroatoms. The molecule has 2 aromatic carbocycles. The largest absolute Gasteiger partial charge is 0.465 e. The SMILES string of the molecule is COC(=O)c1ccc2c(=O)n(-c3ccccc3)c(SC3CCCCC3=O)nc2c1. The molecule has 1 fully saturated rings. The van der Waals surface area contributed by atoms with E-state index in [4.69, 9.17) is 4.74 Å². The van der Waals surface area contributed by atoms with E-state index >= 15 is 0 Å². The van der Waals surface area contributed by atoms with Crippen LogP contribution in [0.15, 0.2) is 58.5 Å². The van der Waals surface area contributed by atoms with E-state index in [0.29, 0.717) is 33.7 Å². The average molecular weight is 408 g/mol. The summed E-state index contributed by atoms with van der Waals surface area (Å²) in [6.45, 7) is 0. The Kier molecular flexibility index (Phi) is 5.49. The molecule has 0 saturated heterocycles. The fourth-order valence-corrected chi connectivity index (χ4v) is 4.73. The molecule has 0 spiro atoms. The summed E-state index contributed by atoms with van der Waals surface area (Å²) in [6, 6.07) is 14.0. The van der Waals surface area contributed by atoms with Crippen molar-refractivity contribution < 1.29 is 14.3 Å². The predicted molar refractivity (Wildman–Crippen MR) is 112 cm³/mol. The number of nitrogens with zero attached hydrogens (tertiary/aromatic N) is 2. The number of hydrogen-bond donors (Lipinski definition) is 0. The van der Waals surface area contributed by atoms with E-state index in [1.807, 2.05) is 30.3 Å². The highest BCUT2D eigenvalue weighted by molar-refractivity contribution is 8.00. The van der Waals surface area contributed by atoms with Crippen LogP contribution in [0.3, 0.4) is 0 Å². The van der Waals surface area contributed by atoms with Crippen molar-refractivity contribution in [3.8, 4) is 5.69 Å². The lowest BCUT2D eigenvalue weighted by molar-refractivity contribution is -0.119. The van der Waals surface area contributed by atoms with Crippen LogP contribution >= 0.6 is 11.8 Å². The van der Waals surface area contributed by atoms with Crippen LogP contribution in [-0.2, 0) is 9.53 Å². The van der Waals surface area contributed by atoms with E-state index < -0.39 is 5.97 Å². The van der Waals surface area contributed by atoms with Crippen molar-refractivity contribution in [2.24, 2.45) is 0 Å². The van der Waals surface area contributed by atoms with Gasteiger partial charge in [-0.05, 0) is 43.2 Å². The molecule has 4 rings (SSSR count). The Morgan fingerprint density at radius 3 is 2.66 bits per heavy atom. The summed E-state index contributed by atoms with van der Waals surface area (Å²) in [5.74, 6) is -0.295. The van der Waals surface area contributed by atoms with Gasteiger partial charge < -0.3 is 4.74 Å². The third-order valence-corrected chi connectivity index (χ3v) is 6.29. The van der Waals surface area contributed by atoms with Crippen LogP contribution < -0.4 is 5.56 Å². The summed E-state index contributed by atoms with van der Waals surface area (Å²) in [5, 5.41) is 0.642. The first-order valence-corrected chi connectivity index (χ1v) is 10.4. The molecule has 29 heavy (non-hydrogen) atoms. The first-order chi connectivity index (χ1) is 14.1. The van der Waals surface area contributed by atoms with Crippen molar-refractivity contribution in [2.45, 2.75) is 36.1 Å². The van der Waals surface area contributed by atoms with Crippen LogP contribution in [-0.4, -0.2) is 33.7 Å². The van der Waals surface area contributed by atoms with Crippen molar-refractivity contribution in [1.82, 2.24) is 9.55 Å². The molecule has 0 aliphatic heterocycles. The van der Waals surface area contributed by atoms with E-state index in [9.17, 15) is 14.4 Å². The summed E-state index contributed by atoms with van der Waals surface area (Å²) in [4.78, 5) is 42.3. The molecule has 0 amide bonds. The number of aromatic nitrogens is 2. The van der Waals surface area contributed by atoms with Gasteiger partial charge in [0.05, 0.1) is 34.5 Å². The fraction of sp³-hybridized carbons (Fsp3) is 0.273. The number of ketones is 1. The number of esters is 1. The molecular formula is C22H20N2O4S. The molecule has 6 nitrogen and oxygen atoms in total. The molecule has 1 aromatic heterocycles. The molecular weight excluding hydrogens is 388 g/mol. The van der Waals surface area contributed by atoms with Crippen LogP contribution in [0.4, 0.5) is 0 Å². The van der Waals surface area contributed by atoms with E-state index in [2.05, 4.69) is 4.98 Å². The minimum atomic E-state index is -0.488.